The second-order valence-electron chi connectivity index (χ2n) is 6.42. The molecule has 0 spiro atoms. The van der Waals surface area contributed by atoms with Crippen molar-refractivity contribution in [3.8, 4) is 0 Å². The molecule has 24 heavy (non-hydrogen) atoms. The third-order valence-corrected chi connectivity index (χ3v) is 4.55. The molecule has 1 atom stereocenters. The van der Waals surface area contributed by atoms with Gasteiger partial charge in [0.05, 0.1) is 0 Å². The first-order valence-corrected chi connectivity index (χ1v) is 8.14. The molecule has 0 aliphatic rings. The first-order valence-electron chi connectivity index (χ1n) is 8.14. The van der Waals surface area contributed by atoms with Gasteiger partial charge < -0.3 is 11.1 Å². The highest BCUT2D eigenvalue weighted by Gasteiger charge is 2.31. The van der Waals surface area contributed by atoms with Crippen LogP contribution in [-0.2, 0) is 12.0 Å². The highest BCUT2D eigenvalue weighted by atomic mass is 35.5. The van der Waals surface area contributed by atoms with Crippen LogP contribution in [0.1, 0.15) is 48.7 Å². The highest BCUT2D eigenvalue weighted by Crippen LogP contribution is 2.28. The zero-order valence-corrected chi connectivity index (χ0v) is 15.4. The van der Waals surface area contributed by atoms with E-state index >= 15 is 0 Å². The van der Waals surface area contributed by atoms with Crippen molar-refractivity contribution in [1.82, 2.24) is 5.32 Å². The molecule has 0 bridgehead atoms. The lowest BCUT2D eigenvalue weighted by molar-refractivity contribution is 0.0916. The van der Waals surface area contributed by atoms with E-state index in [1.54, 1.807) is 0 Å². The molecule has 3 N–H and O–H groups in total. The summed E-state index contributed by atoms with van der Waals surface area (Å²) >= 11 is 0. The zero-order valence-electron chi connectivity index (χ0n) is 14.6. The lowest BCUT2D eigenvalue weighted by atomic mass is 9.76. The minimum absolute atomic E-state index is 0. The third kappa shape index (κ3) is 4.59. The van der Waals surface area contributed by atoms with Gasteiger partial charge in [0, 0.05) is 23.6 Å². The van der Waals surface area contributed by atoms with Gasteiger partial charge in [-0.1, -0.05) is 63.2 Å². The molecule has 4 heteroatoms. The van der Waals surface area contributed by atoms with Crippen molar-refractivity contribution in [2.24, 2.45) is 5.73 Å². The Morgan fingerprint density at radius 2 is 1.67 bits per heavy atom. The lowest BCUT2D eigenvalue weighted by Gasteiger charge is -2.35. The molecule has 0 radical (unpaired) electrons. The maximum Gasteiger partial charge on any atom is 0.251 e. The van der Waals surface area contributed by atoms with Crippen molar-refractivity contribution < 1.29 is 4.79 Å². The number of nitrogens with one attached hydrogen (secondary N) is 1. The van der Waals surface area contributed by atoms with E-state index in [4.69, 9.17) is 5.73 Å². The topological polar surface area (TPSA) is 55.1 Å². The van der Waals surface area contributed by atoms with Crippen LogP contribution < -0.4 is 11.1 Å². The van der Waals surface area contributed by atoms with Crippen molar-refractivity contribution in [3.63, 3.8) is 0 Å². The van der Waals surface area contributed by atoms with E-state index in [-0.39, 0.29) is 29.8 Å². The zero-order chi connectivity index (χ0) is 16.9. The summed E-state index contributed by atoms with van der Waals surface area (Å²) in [6.07, 6.45) is 0.870. The van der Waals surface area contributed by atoms with Gasteiger partial charge in [-0.15, -0.1) is 12.4 Å². The molecule has 130 valence electrons. The Bertz CT molecular complexity index is 638. The third-order valence-electron chi connectivity index (χ3n) is 4.55. The summed E-state index contributed by atoms with van der Waals surface area (Å²) < 4.78 is 0. The van der Waals surface area contributed by atoms with Crippen molar-refractivity contribution in [3.05, 3.63) is 71.3 Å². The van der Waals surface area contributed by atoms with Gasteiger partial charge in [0.25, 0.3) is 5.91 Å². The molecule has 3 nitrogen and oxygen atoms in total. The first-order chi connectivity index (χ1) is 11.0. The summed E-state index contributed by atoms with van der Waals surface area (Å²) in [6, 6.07) is 17.9. The van der Waals surface area contributed by atoms with Gasteiger partial charge in [-0.05, 0) is 29.7 Å². The van der Waals surface area contributed by atoms with Gasteiger partial charge in [0.1, 0.15) is 0 Å². The Kier molecular flexibility index (Phi) is 7.46. The molecule has 0 aliphatic heterocycles. The number of carbonyl (C=O) groups is 1. The molecular weight excluding hydrogens is 320 g/mol. The monoisotopic (exact) mass is 346 g/mol. The fourth-order valence-electron chi connectivity index (χ4n) is 2.90. The van der Waals surface area contributed by atoms with E-state index in [0.29, 0.717) is 12.1 Å². The minimum Gasteiger partial charge on any atom is -0.348 e. The Hall–Kier alpha value is -1.84. The van der Waals surface area contributed by atoms with Crippen LogP contribution in [0.5, 0.6) is 0 Å². The molecule has 0 aromatic heterocycles. The summed E-state index contributed by atoms with van der Waals surface area (Å²) in [5, 5.41) is 3.19. The van der Waals surface area contributed by atoms with Gasteiger partial charge in [0.15, 0.2) is 0 Å². The molecule has 2 aromatic rings. The first kappa shape index (κ1) is 20.2. The maximum absolute atomic E-state index is 12.5. The summed E-state index contributed by atoms with van der Waals surface area (Å²) in [6.45, 7) is 6.94. The van der Waals surface area contributed by atoms with Crippen LogP contribution in [0.2, 0.25) is 0 Å². The fraction of sp³-hybridized carbons (Fsp3) is 0.350. The van der Waals surface area contributed by atoms with Crippen LogP contribution in [0.25, 0.3) is 0 Å². The van der Waals surface area contributed by atoms with Gasteiger partial charge >= 0.3 is 0 Å². The van der Waals surface area contributed by atoms with Crippen LogP contribution in [0.4, 0.5) is 0 Å². The maximum atomic E-state index is 12.5. The Labute approximate surface area is 151 Å². The number of halogens is 1. The van der Waals surface area contributed by atoms with E-state index in [9.17, 15) is 4.79 Å². The standard InChI is InChI=1S/C20H26N2O.ClH/c1-4-18(20(2,3)17-8-6-5-7-9-17)22-19(23)16-12-10-15(14-21)11-13-16;/h5-13,18H,4,14,21H2,1-3H3,(H,22,23);1H. The van der Waals surface area contributed by atoms with Crippen LogP contribution in [0, 0.1) is 0 Å². The van der Waals surface area contributed by atoms with Crippen LogP contribution >= 0.6 is 12.4 Å². The number of hydrogen-bond acceptors (Lipinski definition) is 2. The Morgan fingerprint density at radius 1 is 1.08 bits per heavy atom. The second-order valence-corrected chi connectivity index (χ2v) is 6.42. The number of hydrogen-bond donors (Lipinski definition) is 2. The predicted molar refractivity (Wildman–Crippen MR) is 103 cm³/mol. The number of carbonyl (C=O) groups excluding carboxylic acids is 1. The molecule has 1 unspecified atom stereocenters. The van der Waals surface area contributed by atoms with E-state index in [1.165, 1.54) is 5.56 Å². The summed E-state index contributed by atoms with van der Waals surface area (Å²) in [7, 11) is 0. The number of rotatable bonds is 6. The van der Waals surface area contributed by atoms with Crippen molar-refractivity contribution in [1.29, 1.82) is 0 Å². The second kappa shape index (κ2) is 8.86. The van der Waals surface area contributed by atoms with Crippen LogP contribution in [0.15, 0.2) is 54.6 Å². The average molecular weight is 347 g/mol. The molecule has 0 fully saturated rings. The Morgan fingerprint density at radius 3 is 2.17 bits per heavy atom. The summed E-state index contributed by atoms with van der Waals surface area (Å²) in [5.74, 6) is -0.0376. The van der Waals surface area contributed by atoms with Gasteiger partial charge in [-0.3, -0.25) is 4.79 Å². The molecule has 2 aromatic carbocycles. The van der Waals surface area contributed by atoms with Crippen LogP contribution in [-0.4, -0.2) is 11.9 Å². The minimum atomic E-state index is -0.136. The van der Waals surface area contributed by atoms with Crippen molar-refractivity contribution >= 4 is 18.3 Å². The molecule has 1 amide bonds. The lowest BCUT2D eigenvalue weighted by Crippen LogP contribution is -2.47. The van der Waals surface area contributed by atoms with Gasteiger partial charge in [-0.2, -0.15) is 0 Å². The highest BCUT2D eigenvalue weighted by molar-refractivity contribution is 5.94. The Balaban J connectivity index is 0.00000288. The molecule has 0 aliphatic carbocycles. The summed E-state index contributed by atoms with van der Waals surface area (Å²) in [5.41, 5.74) is 8.39. The smallest absolute Gasteiger partial charge is 0.251 e. The van der Waals surface area contributed by atoms with E-state index < -0.39 is 0 Å². The van der Waals surface area contributed by atoms with Crippen molar-refractivity contribution in [2.45, 2.75) is 45.2 Å². The molecule has 0 saturated heterocycles. The quantitative estimate of drug-likeness (QED) is 0.828. The number of amides is 1. The van der Waals surface area contributed by atoms with E-state index in [0.717, 1.165) is 12.0 Å². The van der Waals surface area contributed by atoms with Gasteiger partial charge in [0.2, 0.25) is 0 Å². The SMILES string of the molecule is CCC(NC(=O)c1ccc(CN)cc1)C(C)(C)c1ccccc1.Cl. The van der Waals surface area contributed by atoms with Crippen LogP contribution in [0.3, 0.4) is 0 Å². The molecular formula is C20H27ClN2O. The van der Waals surface area contributed by atoms with E-state index in [1.807, 2.05) is 42.5 Å². The normalized spacial score (nSPS) is 12.2. The summed E-state index contributed by atoms with van der Waals surface area (Å²) in [4.78, 5) is 12.5. The molecule has 0 heterocycles. The van der Waals surface area contributed by atoms with E-state index in [2.05, 4.69) is 38.2 Å². The fourth-order valence-corrected chi connectivity index (χ4v) is 2.90. The van der Waals surface area contributed by atoms with Crippen molar-refractivity contribution in [2.75, 3.05) is 0 Å². The number of nitrogens with two attached hydrogens (primary N) is 1. The average Bonchev–Trinajstić information content (AvgIpc) is 2.60. The number of benzene rings is 2. The van der Waals surface area contributed by atoms with Gasteiger partial charge in [-0.25, -0.2) is 0 Å². The largest absolute Gasteiger partial charge is 0.348 e. The predicted octanol–water partition coefficient (Wildman–Crippen LogP) is 4.05. The molecule has 2 rings (SSSR count). The molecule has 0 saturated carbocycles.